The van der Waals surface area contributed by atoms with Crippen molar-refractivity contribution in [2.75, 3.05) is 6.61 Å². The molecule has 104 valence electrons. The molecular weight excluding hydrogens is 244 g/mol. The summed E-state index contributed by atoms with van der Waals surface area (Å²) in [6, 6.07) is 0. The third kappa shape index (κ3) is 3.62. The fraction of sp³-hybridized carbons (Fsp3) is 0.583. The van der Waals surface area contributed by atoms with Gasteiger partial charge in [0.05, 0.1) is 24.5 Å². The maximum absolute atomic E-state index is 8.80. The molecule has 2 aromatic heterocycles. The Balaban J connectivity index is 1.85. The van der Waals surface area contributed by atoms with Gasteiger partial charge < -0.3 is 10.4 Å². The molecule has 0 unspecified atom stereocenters. The zero-order chi connectivity index (χ0) is 13.7. The van der Waals surface area contributed by atoms with Crippen molar-refractivity contribution in [3.05, 3.63) is 29.3 Å². The fourth-order valence-electron chi connectivity index (χ4n) is 1.99. The maximum Gasteiger partial charge on any atom is 0.0964 e. The largest absolute Gasteiger partial charge is 0.394 e. The van der Waals surface area contributed by atoms with Crippen LogP contribution in [0.3, 0.4) is 0 Å². The Morgan fingerprint density at radius 2 is 2.16 bits per heavy atom. The van der Waals surface area contributed by atoms with Gasteiger partial charge in [0.25, 0.3) is 0 Å². The Hall–Kier alpha value is -1.73. The Labute approximate surface area is 112 Å². The van der Waals surface area contributed by atoms with Gasteiger partial charge in [-0.1, -0.05) is 12.1 Å². The molecule has 2 rings (SSSR count). The summed E-state index contributed by atoms with van der Waals surface area (Å²) in [6.45, 7) is 4.08. The van der Waals surface area contributed by atoms with Crippen LogP contribution in [-0.2, 0) is 33.1 Å². The third-order valence-corrected chi connectivity index (χ3v) is 2.86. The van der Waals surface area contributed by atoms with E-state index < -0.39 is 0 Å². The topological polar surface area (TPSA) is 80.8 Å². The normalized spacial score (nSPS) is 11.1. The van der Waals surface area contributed by atoms with Gasteiger partial charge in [-0.25, -0.2) is 4.68 Å². The number of aliphatic hydroxyl groups excluding tert-OH is 1. The van der Waals surface area contributed by atoms with Gasteiger partial charge in [-0.3, -0.25) is 4.68 Å². The first-order valence-electron chi connectivity index (χ1n) is 6.45. The molecule has 7 nitrogen and oxygen atoms in total. The van der Waals surface area contributed by atoms with Crippen molar-refractivity contribution in [3.63, 3.8) is 0 Å². The van der Waals surface area contributed by atoms with Crippen molar-refractivity contribution in [2.24, 2.45) is 7.05 Å². The summed E-state index contributed by atoms with van der Waals surface area (Å²) in [7, 11) is 1.93. The van der Waals surface area contributed by atoms with Crippen LogP contribution in [0.2, 0.25) is 0 Å². The van der Waals surface area contributed by atoms with Crippen molar-refractivity contribution in [3.8, 4) is 0 Å². The van der Waals surface area contributed by atoms with Crippen LogP contribution in [0.5, 0.6) is 0 Å². The Morgan fingerprint density at radius 3 is 2.89 bits per heavy atom. The highest BCUT2D eigenvalue weighted by molar-refractivity contribution is 5.16. The molecule has 0 amide bonds. The van der Waals surface area contributed by atoms with Gasteiger partial charge >= 0.3 is 0 Å². The molecule has 0 aliphatic heterocycles. The lowest BCUT2D eigenvalue weighted by Gasteiger charge is -2.01. The van der Waals surface area contributed by atoms with Crippen LogP contribution in [0.15, 0.2) is 12.4 Å². The predicted molar refractivity (Wildman–Crippen MR) is 70.2 cm³/mol. The molecule has 0 radical (unpaired) electrons. The predicted octanol–water partition coefficient (Wildman–Crippen LogP) is -0.144. The van der Waals surface area contributed by atoms with E-state index in [4.69, 9.17) is 5.11 Å². The van der Waals surface area contributed by atoms with E-state index in [9.17, 15) is 0 Å². The van der Waals surface area contributed by atoms with E-state index in [1.807, 2.05) is 24.1 Å². The SMILES string of the molecule is CCc1nn(C)cc1CNCc1cn(CCO)nn1. The van der Waals surface area contributed by atoms with Crippen LogP contribution in [-0.4, -0.2) is 36.5 Å². The van der Waals surface area contributed by atoms with Crippen molar-refractivity contribution in [2.45, 2.75) is 33.0 Å². The second-order valence-electron chi connectivity index (χ2n) is 4.43. The first-order chi connectivity index (χ1) is 9.22. The highest BCUT2D eigenvalue weighted by Crippen LogP contribution is 2.06. The van der Waals surface area contributed by atoms with E-state index in [1.54, 1.807) is 4.68 Å². The Morgan fingerprint density at radius 1 is 1.32 bits per heavy atom. The van der Waals surface area contributed by atoms with E-state index in [1.165, 1.54) is 5.56 Å². The van der Waals surface area contributed by atoms with Crippen LogP contribution in [0.25, 0.3) is 0 Å². The minimum absolute atomic E-state index is 0.0752. The summed E-state index contributed by atoms with van der Waals surface area (Å²) in [6.07, 6.45) is 4.81. The Bertz CT molecular complexity index is 518. The number of hydrogen-bond donors (Lipinski definition) is 2. The molecule has 0 saturated heterocycles. The van der Waals surface area contributed by atoms with Crippen LogP contribution in [0.1, 0.15) is 23.9 Å². The maximum atomic E-state index is 8.80. The summed E-state index contributed by atoms with van der Waals surface area (Å²) in [5.74, 6) is 0. The zero-order valence-electron chi connectivity index (χ0n) is 11.4. The lowest BCUT2D eigenvalue weighted by atomic mass is 10.2. The van der Waals surface area contributed by atoms with Gasteiger partial charge in [0.1, 0.15) is 0 Å². The molecule has 0 fully saturated rings. The Kier molecular flexibility index (Phi) is 4.64. The van der Waals surface area contributed by atoms with Crippen molar-refractivity contribution < 1.29 is 5.11 Å². The number of rotatable bonds is 7. The quantitative estimate of drug-likeness (QED) is 0.727. The molecule has 0 spiro atoms. The average molecular weight is 264 g/mol. The molecule has 2 heterocycles. The zero-order valence-corrected chi connectivity index (χ0v) is 11.4. The minimum atomic E-state index is 0.0752. The summed E-state index contributed by atoms with van der Waals surface area (Å²) in [5.41, 5.74) is 3.21. The molecule has 0 aromatic carbocycles. The van der Waals surface area contributed by atoms with Crippen molar-refractivity contribution in [1.29, 1.82) is 0 Å². The van der Waals surface area contributed by atoms with E-state index in [0.29, 0.717) is 13.1 Å². The fourth-order valence-corrected chi connectivity index (χ4v) is 1.99. The molecule has 0 aliphatic carbocycles. The molecule has 0 bridgehead atoms. The standard InChI is InChI=1S/C12H20N6O/c1-3-12-10(8-17(2)15-12)6-13-7-11-9-18(4-5-19)16-14-11/h8-9,13,19H,3-7H2,1-2H3. The second-order valence-corrected chi connectivity index (χ2v) is 4.43. The van der Waals surface area contributed by atoms with Crippen LogP contribution in [0, 0.1) is 0 Å². The summed E-state index contributed by atoms with van der Waals surface area (Å²) in [5, 5.41) is 24.5. The molecule has 0 atom stereocenters. The van der Waals surface area contributed by atoms with E-state index in [2.05, 4.69) is 27.7 Å². The molecule has 19 heavy (non-hydrogen) atoms. The summed E-state index contributed by atoms with van der Waals surface area (Å²) >= 11 is 0. The van der Waals surface area contributed by atoms with Crippen molar-refractivity contribution >= 4 is 0 Å². The lowest BCUT2D eigenvalue weighted by molar-refractivity contribution is 0.268. The first kappa shape index (κ1) is 13.7. The van der Waals surface area contributed by atoms with Crippen LogP contribution in [0.4, 0.5) is 0 Å². The molecule has 0 saturated carbocycles. The van der Waals surface area contributed by atoms with E-state index in [0.717, 1.165) is 24.4 Å². The van der Waals surface area contributed by atoms with Crippen molar-refractivity contribution in [1.82, 2.24) is 30.1 Å². The van der Waals surface area contributed by atoms with Gasteiger partial charge in [0.15, 0.2) is 0 Å². The van der Waals surface area contributed by atoms with Crippen LogP contribution >= 0.6 is 0 Å². The third-order valence-electron chi connectivity index (χ3n) is 2.86. The average Bonchev–Trinajstić information content (AvgIpc) is 2.97. The van der Waals surface area contributed by atoms with Gasteiger partial charge in [-0.15, -0.1) is 5.10 Å². The molecular formula is C12H20N6O. The lowest BCUT2D eigenvalue weighted by Crippen LogP contribution is -2.13. The number of nitrogens with zero attached hydrogens (tertiary/aromatic N) is 5. The summed E-state index contributed by atoms with van der Waals surface area (Å²) < 4.78 is 3.48. The van der Waals surface area contributed by atoms with Gasteiger partial charge in [-0.2, -0.15) is 5.10 Å². The molecule has 2 N–H and O–H groups in total. The number of aromatic nitrogens is 5. The van der Waals surface area contributed by atoms with Gasteiger partial charge in [0.2, 0.25) is 0 Å². The number of aliphatic hydroxyl groups is 1. The minimum Gasteiger partial charge on any atom is -0.394 e. The highest BCUT2D eigenvalue weighted by atomic mass is 16.3. The molecule has 0 aliphatic rings. The van der Waals surface area contributed by atoms with E-state index >= 15 is 0 Å². The van der Waals surface area contributed by atoms with Gasteiger partial charge in [-0.05, 0) is 6.42 Å². The summed E-state index contributed by atoms with van der Waals surface area (Å²) in [4.78, 5) is 0. The monoisotopic (exact) mass is 264 g/mol. The smallest absolute Gasteiger partial charge is 0.0964 e. The highest BCUT2D eigenvalue weighted by Gasteiger charge is 2.06. The molecule has 2 aromatic rings. The van der Waals surface area contributed by atoms with E-state index in [-0.39, 0.29) is 6.61 Å². The molecule has 7 heteroatoms. The first-order valence-corrected chi connectivity index (χ1v) is 6.45. The van der Waals surface area contributed by atoms with Gasteiger partial charge in [0, 0.05) is 38.1 Å². The number of aryl methyl sites for hydroxylation is 2. The number of hydrogen-bond acceptors (Lipinski definition) is 5. The van der Waals surface area contributed by atoms with Crippen LogP contribution < -0.4 is 5.32 Å². The second kappa shape index (κ2) is 6.44. The number of nitrogens with one attached hydrogen (secondary N) is 1.